The molecule has 1 saturated carbocycles. The Hall–Kier alpha value is -2.57. The second kappa shape index (κ2) is 10.4. The van der Waals surface area contributed by atoms with E-state index in [2.05, 4.69) is 70.6 Å². The molecule has 34 heavy (non-hydrogen) atoms. The molecule has 182 valence electrons. The van der Waals surface area contributed by atoms with Gasteiger partial charge in [-0.15, -0.1) is 0 Å². The number of carbonyl (C=O) groups is 1. The Labute approximate surface area is 203 Å². The van der Waals surface area contributed by atoms with Gasteiger partial charge >= 0.3 is 6.03 Å². The van der Waals surface area contributed by atoms with E-state index in [1.807, 2.05) is 11.0 Å². The summed E-state index contributed by atoms with van der Waals surface area (Å²) in [5.74, 6) is 0.780. The fraction of sp³-hybridized carbons (Fsp3) is 0.536. The van der Waals surface area contributed by atoms with Crippen LogP contribution in [0.4, 0.5) is 16.2 Å². The number of ether oxygens (including phenoxy) is 1. The van der Waals surface area contributed by atoms with Crippen LogP contribution in [0.1, 0.15) is 38.2 Å². The van der Waals surface area contributed by atoms with Gasteiger partial charge in [0.15, 0.2) is 0 Å². The van der Waals surface area contributed by atoms with Gasteiger partial charge in [-0.3, -0.25) is 4.90 Å². The van der Waals surface area contributed by atoms with E-state index in [0.717, 1.165) is 37.8 Å². The highest BCUT2D eigenvalue weighted by atomic mass is 16.5. The van der Waals surface area contributed by atoms with Gasteiger partial charge in [0.2, 0.25) is 0 Å². The summed E-state index contributed by atoms with van der Waals surface area (Å²) < 4.78 is 5.39. The molecule has 3 aliphatic rings. The number of nitrogens with zero attached hydrogens (tertiary/aromatic N) is 3. The molecule has 0 spiro atoms. The van der Waals surface area contributed by atoms with E-state index >= 15 is 0 Å². The van der Waals surface area contributed by atoms with Gasteiger partial charge in [0.25, 0.3) is 0 Å². The number of hydrogen-bond acceptors (Lipinski definition) is 4. The second-order valence-corrected chi connectivity index (χ2v) is 10.1. The zero-order chi connectivity index (χ0) is 23.4. The molecule has 1 N–H and O–H groups in total. The van der Waals surface area contributed by atoms with Gasteiger partial charge in [0, 0.05) is 56.2 Å². The minimum atomic E-state index is -0.0248. The van der Waals surface area contributed by atoms with Crippen molar-refractivity contribution in [3.63, 3.8) is 0 Å². The highest BCUT2D eigenvalue weighted by Gasteiger charge is 2.42. The largest absolute Gasteiger partial charge is 0.378 e. The number of nitrogens with one attached hydrogen (secondary N) is 1. The van der Waals surface area contributed by atoms with Crippen molar-refractivity contribution >= 4 is 17.4 Å². The second-order valence-electron chi connectivity index (χ2n) is 10.1. The lowest BCUT2D eigenvalue weighted by molar-refractivity contribution is 0.0299. The Morgan fingerprint density at radius 2 is 1.62 bits per heavy atom. The first-order valence-corrected chi connectivity index (χ1v) is 12.9. The number of hydrogen-bond donors (Lipinski definition) is 1. The number of para-hydroxylation sites is 1. The number of anilines is 2. The van der Waals surface area contributed by atoms with Crippen molar-refractivity contribution in [2.45, 2.75) is 38.1 Å². The fourth-order valence-corrected chi connectivity index (χ4v) is 5.91. The maximum Gasteiger partial charge on any atom is 0.321 e. The lowest BCUT2D eigenvalue weighted by Crippen LogP contribution is -2.56. The number of benzene rings is 2. The molecular formula is C28H38N4O2. The third-order valence-corrected chi connectivity index (χ3v) is 8.06. The monoisotopic (exact) mass is 462 g/mol. The zero-order valence-electron chi connectivity index (χ0n) is 20.4. The van der Waals surface area contributed by atoms with Gasteiger partial charge in [0.05, 0.1) is 13.2 Å². The summed E-state index contributed by atoms with van der Waals surface area (Å²) >= 11 is 0. The Kier molecular flexibility index (Phi) is 7.07. The molecule has 2 saturated heterocycles. The number of piperazine rings is 1. The predicted octanol–water partition coefficient (Wildman–Crippen LogP) is 4.78. The van der Waals surface area contributed by atoms with Gasteiger partial charge < -0.3 is 19.9 Å². The fourth-order valence-electron chi connectivity index (χ4n) is 5.91. The maximum atomic E-state index is 12.8. The smallest absolute Gasteiger partial charge is 0.321 e. The number of amides is 2. The minimum Gasteiger partial charge on any atom is -0.378 e. The van der Waals surface area contributed by atoms with E-state index in [9.17, 15) is 4.79 Å². The van der Waals surface area contributed by atoms with E-state index in [1.54, 1.807) is 0 Å². The molecule has 0 aromatic heterocycles. The van der Waals surface area contributed by atoms with Crippen molar-refractivity contribution in [3.8, 4) is 0 Å². The summed E-state index contributed by atoms with van der Waals surface area (Å²) in [6.45, 7) is 9.15. The topological polar surface area (TPSA) is 48.1 Å². The summed E-state index contributed by atoms with van der Waals surface area (Å²) in [4.78, 5) is 19.9. The van der Waals surface area contributed by atoms with Crippen molar-refractivity contribution in [2.24, 2.45) is 5.92 Å². The van der Waals surface area contributed by atoms with Crippen molar-refractivity contribution in [1.82, 2.24) is 9.80 Å². The minimum absolute atomic E-state index is 0.0248. The molecule has 3 fully saturated rings. The predicted molar refractivity (Wildman–Crippen MR) is 137 cm³/mol. The maximum absolute atomic E-state index is 12.8. The van der Waals surface area contributed by atoms with E-state index < -0.39 is 0 Å². The number of morpholine rings is 1. The molecule has 0 unspecified atom stereocenters. The molecule has 0 bridgehead atoms. The van der Waals surface area contributed by atoms with Gasteiger partial charge in [0.1, 0.15) is 0 Å². The van der Waals surface area contributed by atoms with Gasteiger partial charge in [-0.25, -0.2) is 4.79 Å². The molecule has 2 aliphatic heterocycles. The first kappa shape index (κ1) is 23.2. The van der Waals surface area contributed by atoms with Crippen LogP contribution in [0.5, 0.6) is 0 Å². The van der Waals surface area contributed by atoms with E-state index in [0.29, 0.717) is 26.3 Å². The summed E-state index contributed by atoms with van der Waals surface area (Å²) in [6.07, 6.45) is 4.87. The number of rotatable bonds is 4. The molecule has 2 aromatic rings. The summed E-state index contributed by atoms with van der Waals surface area (Å²) in [5.41, 5.74) is 3.62. The normalized spacial score (nSPS) is 26.3. The van der Waals surface area contributed by atoms with Crippen LogP contribution in [0.2, 0.25) is 0 Å². The van der Waals surface area contributed by atoms with Crippen LogP contribution in [0, 0.1) is 5.92 Å². The lowest BCUT2D eigenvalue weighted by atomic mass is 9.71. The van der Waals surface area contributed by atoms with Crippen LogP contribution in [0.15, 0.2) is 54.6 Å². The molecule has 1 aliphatic carbocycles. The van der Waals surface area contributed by atoms with Gasteiger partial charge in [-0.2, -0.15) is 0 Å². The Bertz CT molecular complexity index is 944. The summed E-state index contributed by atoms with van der Waals surface area (Å²) in [5, 5.41) is 3.15. The number of carbonyl (C=O) groups excluding carboxylic acids is 1. The standard InChI is InChI=1S/C28H38N4O2/c1-23-10-12-28(13-11-23,32-16-14-30(15-17-32)26-8-3-2-4-9-26)24-6-5-7-25(22-24)29-27(33)31-18-20-34-21-19-31/h2-9,22-23H,10-21H2,1H3,(H,29,33). The highest BCUT2D eigenvalue weighted by Crippen LogP contribution is 2.45. The van der Waals surface area contributed by atoms with Crippen LogP contribution < -0.4 is 10.2 Å². The summed E-state index contributed by atoms with van der Waals surface area (Å²) in [6, 6.07) is 19.4. The first-order valence-electron chi connectivity index (χ1n) is 12.9. The van der Waals surface area contributed by atoms with E-state index in [1.165, 1.54) is 36.9 Å². The molecule has 2 amide bonds. The van der Waals surface area contributed by atoms with Crippen LogP contribution >= 0.6 is 0 Å². The Balaban J connectivity index is 1.34. The quantitative estimate of drug-likeness (QED) is 0.711. The van der Waals surface area contributed by atoms with Gasteiger partial charge in [-0.1, -0.05) is 37.3 Å². The molecule has 0 radical (unpaired) electrons. The van der Waals surface area contributed by atoms with Crippen molar-refractivity contribution in [1.29, 1.82) is 0 Å². The third-order valence-electron chi connectivity index (χ3n) is 8.06. The Morgan fingerprint density at radius 1 is 0.912 bits per heavy atom. The molecule has 6 heteroatoms. The first-order chi connectivity index (χ1) is 16.6. The van der Waals surface area contributed by atoms with Crippen LogP contribution in [0.3, 0.4) is 0 Å². The van der Waals surface area contributed by atoms with E-state index in [4.69, 9.17) is 4.74 Å². The number of urea groups is 1. The van der Waals surface area contributed by atoms with Crippen molar-refractivity contribution in [2.75, 3.05) is 62.7 Å². The average molecular weight is 463 g/mol. The molecule has 6 nitrogen and oxygen atoms in total. The lowest BCUT2D eigenvalue weighted by Gasteiger charge is -2.51. The van der Waals surface area contributed by atoms with Crippen molar-refractivity contribution < 1.29 is 9.53 Å². The van der Waals surface area contributed by atoms with E-state index in [-0.39, 0.29) is 11.6 Å². The molecule has 5 rings (SSSR count). The third kappa shape index (κ3) is 4.93. The highest BCUT2D eigenvalue weighted by molar-refractivity contribution is 5.89. The van der Waals surface area contributed by atoms with Crippen LogP contribution in [0.25, 0.3) is 0 Å². The average Bonchev–Trinajstić information content (AvgIpc) is 2.91. The summed E-state index contributed by atoms with van der Waals surface area (Å²) in [7, 11) is 0. The molecule has 2 heterocycles. The van der Waals surface area contributed by atoms with Crippen LogP contribution in [-0.4, -0.2) is 68.3 Å². The molecule has 0 atom stereocenters. The Morgan fingerprint density at radius 3 is 2.32 bits per heavy atom. The van der Waals surface area contributed by atoms with Gasteiger partial charge in [-0.05, 0) is 61.4 Å². The molecule has 2 aromatic carbocycles. The van der Waals surface area contributed by atoms with Crippen LogP contribution in [-0.2, 0) is 10.3 Å². The zero-order valence-corrected chi connectivity index (χ0v) is 20.4. The van der Waals surface area contributed by atoms with Crippen molar-refractivity contribution in [3.05, 3.63) is 60.2 Å². The SMILES string of the molecule is CC1CCC(c2cccc(NC(=O)N3CCOCC3)c2)(N2CCN(c3ccccc3)CC2)CC1. The molecular weight excluding hydrogens is 424 g/mol.